The number of amides is 3. The van der Waals surface area contributed by atoms with Crippen molar-refractivity contribution in [3.63, 3.8) is 0 Å². The first-order valence-electron chi connectivity index (χ1n) is 6.73. The van der Waals surface area contributed by atoms with Gasteiger partial charge < -0.3 is 25.8 Å². The van der Waals surface area contributed by atoms with Gasteiger partial charge in [-0.05, 0) is 20.8 Å². The van der Waals surface area contributed by atoms with Gasteiger partial charge in [-0.15, -0.1) is 0 Å². The van der Waals surface area contributed by atoms with Crippen LogP contribution >= 0.6 is 0 Å². The summed E-state index contributed by atoms with van der Waals surface area (Å²) in [5, 5.41) is 16.4. The molecule has 4 N–H and O–H groups in total. The van der Waals surface area contributed by atoms with Crippen LogP contribution in [0.2, 0.25) is 0 Å². The van der Waals surface area contributed by atoms with Crippen molar-refractivity contribution in [1.29, 1.82) is 0 Å². The standard InChI is InChI=1S/C13H25N3O5/c1-13(2,3)16-10(17)5-7-14-12(20)15-9(11(18)19)6-8-21-4/h9H,5-8H2,1-4H3,(H,16,17)(H,18,19)(H2,14,15,20). The number of ether oxygens (including phenoxy) is 1. The number of aliphatic carboxylic acids is 1. The fourth-order valence-corrected chi connectivity index (χ4v) is 1.47. The van der Waals surface area contributed by atoms with Gasteiger partial charge in [0, 0.05) is 38.6 Å². The maximum Gasteiger partial charge on any atom is 0.326 e. The summed E-state index contributed by atoms with van der Waals surface area (Å²) in [6, 6.07) is -1.64. The Kier molecular flexibility index (Phi) is 8.37. The minimum absolute atomic E-state index is 0.125. The number of hydrogen-bond donors (Lipinski definition) is 4. The lowest BCUT2D eigenvalue weighted by Gasteiger charge is -2.20. The van der Waals surface area contributed by atoms with Crippen LogP contribution < -0.4 is 16.0 Å². The van der Waals surface area contributed by atoms with Gasteiger partial charge in [-0.25, -0.2) is 9.59 Å². The minimum atomic E-state index is -1.13. The highest BCUT2D eigenvalue weighted by Gasteiger charge is 2.19. The number of carboxylic acids is 1. The van der Waals surface area contributed by atoms with Gasteiger partial charge in [0.15, 0.2) is 0 Å². The van der Waals surface area contributed by atoms with E-state index >= 15 is 0 Å². The topological polar surface area (TPSA) is 117 Å². The van der Waals surface area contributed by atoms with Gasteiger partial charge in [-0.3, -0.25) is 4.79 Å². The van der Waals surface area contributed by atoms with E-state index in [0.29, 0.717) is 0 Å². The molecule has 3 amide bonds. The van der Waals surface area contributed by atoms with E-state index in [1.807, 2.05) is 20.8 Å². The SMILES string of the molecule is COCCC(NC(=O)NCCC(=O)NC(C)(C)C)C(=O)O. The lowest BCUT2D eigenvalue weighted by atomic mass is 10.1. The number of carbonyl (C=O) groups excluding carboxylic acids is 2. The van der Waals surface area contributed by atoms with Gasteiger partial charge >= 0.3 is 12.0 Å². The summed E-state index contributed by atoms with van der Waals surface area (Å²) in [7, 11) is 1.45. The second-order valence-electron chi connectivity index (χ2n) is 5.62. The normalized spacial score (nSPS) is 12.4. The van der Waals surface area contributed by atoms with E-state index in [1.54, 1.807) is 0 Å². The zero-order valence-corrected chi connectivity index (χ0v) is 13.0. The van der Waals surface area contributed by atoms with E-state index < -0.39 is 18.0 Å². The molecule has 8 heteroatoms. The van der Waals surface area contributed by atoms with Crippen molar-refractivity contribution in [1.82, 2.24) is 16.0 Å². The maximum atomic E-state index is 11.5. The molecule has 0 aliphatic rings. The van der Waals surface area contributed by atoms with Crippen molar-refractivity contribution in [3.05, 3.63) is 0 Å². The fourth-order valence-electron chi connectivity index (χ4n) is 1.47. The molecule has 0 rings (SSSR count). The fraction of sp³-hybridized carbons (Fsp3) is 0.769. The number of urea groups is 1. The molecule has 0 saturated heterocycles. The summed E-state index contributed by atoms with van der Waals surface area (Å²) in [6.07, 6.45) is 0.296. The van der Waals surface area contributed by atoms with Crippen LogP contribution in [0.4, 0.5) is 4.79 Å². The molecule has 0 aromatic rings. The minimum Gasteiger partial charge on any atom is -0.480 e. The average Bonchev–Trinajstić information content (AvgIpc) is 2.31. The Morgan fingerprint density at radius 3 is 2.33 bits per heavy atom. The van der Waals surface area contributed by atoms with Crippen molar-refractivity contribution >= 4 is 17.9 Å². The van der Waals surface area contributed by atoms with E-state index in [-0.39, 0.29) is 37.4 Å². The number of carbonyl (C=O) groups is 3. The molecule has 0 aromatic carbocycles. The Labute approximate surface area is 124 Å². The first-order valence-corrected chi connectivity index (χ1v) is 6.73. The van der Waals surface area contributed by atoms with Gasteiger partial charge in [-0.1, -0.05) is 0 Å². The molecule has 0 aromatic heterocycles. The molecule has 0 bridgehead atoms. The van der Waals surface area contributed by atoms with Crippen molar-refractivity contribution in [3.8, 4) is 0 Å². The summed E-state index contributed by atoms with van der Waals surface area (Å²) in [6.45, 7) is 5.94. The third kappa shape index (κ3) is 10.6. The van der Waals surface area contributed by atoms with E-state index in [4.69, 9.17) is 9.84 Å². The number of carboxylic acid groups (broad SMARTS) is 1. The largest absolute Gasteiger partial charge is 0.480 e. The Hall–Kier alpha value is -1.83. The Balaban J connectivity index is 4.03. The first kappa shape index (κ1) is 19.2. The van der Waals surface area contributed by atoms with E-state index in [1.165, 1.54) is 7.11 Å². The number of hydrogen-bond acceptors (Lipinski definition) is 4. The third-order valence-corrected chi connectivity index (χ3v) is 2.37. The number of rotatable bonds is 8. The highest BCUT2D eigenvalue weighted by atomic mass is 16.5. The highest BCUT2D eigenvalue weighted by molar-refractivity contribution is 5.83. The predicted molar refractivity (Wildman–Crippen MR) is 77.0 cm³/mol. The van der Waals surface area contributed by atoms with Crippen LogP contribution in [0.5, 0.6) is 0 Å². The van der Waals surface area contributed by atoms with Gasteiger partial charge in [-0.2, -0.15) is 0 Å². The first-order chi connectivity index (χ1) is 9.65. The smallest absolute Gasteiger partial charge is 0.326 e. The molecule has 0 aliphatic carbocycles. The van der Waals surface area contributed by atoms with Gasteiger partial charge in [0.1, 0.15) is 6.04 Å². The lowest BCUT2D eigenvalue weighted by Crippen LogP contribution is -2.47. The van der Waals surface area contributed by atoms with Crippen LogP contribution in [0.3, 0.4) is 0 Å². The van der Waals surface area contributed by atoms with Crippen LogP contribution in [0.1, 0.15) is 33.6 Å². The molecule has 0 radical (unpaired) electrons. The molecular weight excluding hydrogens is 278 g/mol. The maximum absolute atomic E-state index is 11.5. The zero-order valence-electron chi connectivity index (χ0n) is 13.0. The van der Waals surface area contributed by atoms with Crippen LogP contribution in [0.25, 0.3) is 0 Å². The van der Waals surface area contributed by atoms with Crippen LogP contribution in [0.15, 0.2) is 0 Å². The number of methoxy groups -OCH3 is 1. The summed E-state index contributed by atoms with van der Waals surface area (Å²) in [5.41, 5.74) is -0.325. The van der Waals surface area contributed by atoms with Gasteiger partial charge in [0.25, 0.3) is 0 Å². The lowest BCUT2D eigenvalue weighted by molar-refractivity contribution is -0.139. The van der Waals surface area contributed by atoms with Crippen molar-refractivity contribution in [2.45, 2.75) is 45.2 Å². The van der Waals surface area contributed by atoms with Crippen molar-refractivity contribution < 1.29 is 24.2 Å². The van der Waals surface area contributed by atoms with Crippen LogP contribution in [-0.2, 0) is 14.3 Å². The monoisotopic (exact) mass is 303 g/mol. The Morgan fingerprint density at radius 2 is 1.86 bits per heavy atom. The van der Waals surface area contributed by atoms with E-state index in [2.05, 4.69) is 16.0 Å². The quantitative estimate of drug-likeness (QED) is 0.506. The predicted octanol–water partition coefficient (Wildman–Crippen LogP) is 0.0801. The highest BCUT2D eigenvalue weighted by Crippen LogP contribution is 1.98. The van der Waals surface area contributed by atoms with Gasteiger partial charge in [0.05, 0.1) is 0 Å². The van der Waals surface area contributed by atoms with Crippen LogP contribution in [0, 0.1) is 0 Å². The molecule has 0 heterocycles. The second-order valence-corrected chi connectivity index (χ2v) is 5.62. The van der Waals surface area contributed by atoms with E-state index in [9.17, 15) is 14.4 Å². The average molecular weight is 303 g/mol. The summed E-state index contributed by atoms with van der Waals surface area (Å²) in [5.74, 6) is -1.32. The molecule has 1 atom stereocenters. The summed E-state index contributed by atoms with van der Waals surface area (Å²) < 4.78 is 4.78. The molecule has 21 heavy (non-hydrogen) atoms. The molecular formula is C13H25N3O5. The van der Waals surface area contributed by atoms with Gasteiger partial charge in [0.2, 0.25) is 5.91 Å². The molecule has 0 saturated carbocycles. The van der Waals surface area contributed by atoms with Crippen molar-refractivity contribution in [2.75, 3.05) is 20.3 Å². The molecule has 1 unspecified atom stereocenters. The second kappa shape index (κ2) is 9.17. The Bertz CT molecular complexity index is 365. The molecule has 122 valence electrons. The van der Waals surface area contributed by atoms with Crippen molar-refractivity contribution in [2.24, 2.45) is 0 Å². The molecule has 0 spiro atoms. The molecule has 8 nitrogen and oxygen atoms in total. The van der Waals surface area contributed by atoms with Crippen LogP contribution in [-0.4, -0.2) is 54.9 Å². The molecule has 0 fully saturated rings. The summed E-state index contributed by atoms with van der Waals surface area (Å²) >= 11 is 0. The summed E-state index contributed by atoms with van der Waals surface area (Å²) in [4.78, 5) is 34.0. The Morgan fingerprint density at radius 1 is 1.24 bits per heavy atom. The molecule has 0 aliphatic heterocycles. The zero-order chi connectivity index (χ0) is 16.5. The number of nitrogens with one attached hydrogen (secondary N) is 3. The van der Waals surface area contributed by atoms with E-state index in [0.717, 1.165) is 0 Å². The third-order valence-electron chi connectivity index (χ3n) is 2.37.